The molecule has 1 amide bonds. The third-order valence-electron chi connectivity index (χ3n) is 2.76. The van der Waals surface area contributed by atoms with Crippen LogP contribution in [0.5, 0.6) is 0 Å². The van der Waals surface area contributed by atoms with Crippen LogP contribution < -0.4 is 11.3 Å². The van der Waals surface area contributed by atoms with Crippen molar-refractivity contribution in [2.75, 3.05) is 26.3 Å². The summed E-state index contributed by atoms with van der Waals surface area (Å²) in [6.07, 6.45) is 0. The van der Waals surface area contributed by atoms with Crippen LogP contribution in [0.2, 0.25) is 0 Å². The standard InChI is InChI=1S/C11H15N3O3/c12-6-8-7-17-5-4-14(8)11(16)9-2-1-3-10(15)13-9/h1-3,8H,4-7,12H2,(H,13,15). The van der Waals surface area contributed by atoms with E-state index in [1.165, 1.54) is 6.07 Å². The van der Waals surface area contributed by atoms with E-state index in [2.05, 4.69) is 4.98 Å². The SMILES string of the molecule is NCC1COCCN1C(=O)c1cccc(=O)[nH]1. The minimum absolute atomic E-state index is 0.125. The van der Waals surface area contributed by atoms with Crippen LogP contribution in [0.4, 0.5) is 0 Å². The van der Waals surface area contributed by atoms with Crippen molar-refractivity contribution in [3.05, 3.63) is 34.2 Å². The van der Waals surface area contributed by atoms with E-state index in [0.29, 0.717) is 26.3 Å². The number of hydrogen-bond donors (Lipinski definition) is 2. The summed E-state index contributed by atoms with van der Waals surface area (Å²) in [5.41, 5.74) is 5.60. The molecular weight excluding hydrogens is 222 g/mol. The van der Waals surface area contributed by atoms with Crippen molar-refractivity contribution < 1.29 is 9.53 Å². The number of amides is 1. The minimum Gasteiger partial charge on any atom is -0.377 e. The van der Waals surface area contributed by atoms with Crippen molar-refractivity contribution in [2.24, 2.45) is 5.73 Å². The molecule has 1 fully saturated rings. The van der Waals surface area contributed by atoms with Crippen molar-refractivity contribution in [3.63, 3.8) is 0 Å². The number of nitrogens with zero attached hydrogens (tertiary/aromatic N) is 1. The van der Waals surface area contributed by atoms with Gasteiger partial charge in [-0.2, -0.15) is 0 Å². The molecule has 1 aliphatic rings. The lowest BCUT2D eigenvalue weighted by Crippen LogP contribution is -2.52. The van der Waals surface area contributed by atoms with Crippen molar-refractivity contribution in [1.29, 1.82) is 0 Å². The zero-order valence-corrected chi connectivity index (χ0v) is 9.39. The Morgan fingerprint density at radius 1 is 1.59 bits per heavy atom. The smallest absolute Gasteiger partial charge is 0.270 e. The van der Waals surface area contributed by atoms with Crippen molar-refractivity contribution >= 4 is 5.91 Å². The molecule has 0 saturated carbocycles. The van der Waals surface area contributed by atoms with Crippen LogP contribution in [0.1, 0.15) is 10.5 Å². The number of pyridine rings is 1. The molecule has 1 aromatic rings. The first kappa shape index (κ1) is 11.8. The van der Waals surface area contributed by atoms with Crippen LogP contribution in [-0.4, -0.2) is 48.1 Å². The van der Waals surface area contributed by atoms with E-state index < -0.39 is 0 Å². The fourth-order valence-corrected chi connectivity index (χ4v) is 1.84. The quantitative estimate of drug-likeness (QED) is 0.703. The molecule has 0 aromatic carbocycles. The Bertz CT molecular complexity index is 457. The predicted molar refractivity (Wildman–Crippen MR) is 61.8 cm³/mol. The average Bonchev–Trinajstić information content (AvgIpc) is 2.38. The van der Waals surface area contributed by atoms with Crippen molar-refractivity contribution in [1.82, 2.24) is 9.88 Å². The molecule has 0 bridgehead atoms. The zero-order valence-electron chi connectivity index (χ0n) is 9.39. The van der Waals surface area contributed by atoms with Crippen LogP contribution in [0.25, 0.3) is 0 Å². The number of nitrogens with one attached hydrogen (secondary N) is 1. The predicted octanol–water partition coefficient (Wildman–Crippen LogP) is -0.825. The van der Waals surface area contributed by atoms with Gasteiger partial charge in [0.1, 0.15) is 5.69 Å². The molecule has 1 saturated heterocycles. The summed E-state index contributed by atoms with van der Waals surface area (Å²) in [6, 6.07) is 4.40. The van der Waals surface area contributed by atoms with E-state index in [0.717, 1.165) is 0 Å². The molecule has 3 N–H and O–H groups in total. The van der Waals surface area contributed by atoms with Gasteiger partial charge in [0, 0.05) is 19.2 Å². The lowest BCUT2D eigenvalue weighted by atomic mass is 10.2. The number of morpholine rings is 1. The molecule has 1 atom stereocenters. The van der Waals surface area contributed by atoms with Crippen LogP contribution in [0.15, 0.2) is 23.0 Å². The van der Waals surface area contributed by atoms with Gasteiger partial charge in [-0.25, -0.2) is 0 Å². The second-order valence-corrected chi connectivity index (χ2v) is 3.89. The minimum atomic E-state index is -0.284. The summed E-state index contributed by atoms with van der Waals surface area (Å²) in [5.74, 6) is -0.207. The second-order valence-electron chi connectivity index (χ2n) is 3.89. The van der Waals surface area contributed by atoms with Crippen LogP contribution in [-0.2, 0) is 4.74 Å². The highest BCUT2D eigenvalue weighted by atomic mass is 16.5. The van der Waals surface area contributed by atoms with E-state index >= 15 is 0 Å². The fraction of sp³-hybridized carbons (Fsp3) is 0.455. The van der Waals surface area contributed by atoms with Crippen molar-refractivity contribution in [3.8, 4) is 0 Å². The number of carbonyl (C=O) groups is 1. The molecule has 2 rings (SSSR count). The number of nitrogens with two attached hydrogens (primary N) is 1. The molecule has 1 aliphatic heterocycles. The van der Waals surface area contributed by atoms with Gasteiger partial charge in [-0.3, -0.25) is 9.59 Å². The van der Waals surface area contributed by atoms with Gasteiger partial charge in [-0.15, -0.1) is 0 Å². The number of hydrogen-bond acceptors (Lipinski definition) is 4. The second kappa shape index (κ2) is 5.11. The first-order chi connectivity index (χ1) is 8.22. The van der Waals surface area contributed by atoms with Gasteiger partial charge in [0.15, 0.2) is 0 Å². The maximum Gasteiger partial charge on any atom is 0.270 e. The lowest BCUT2D eigenvalue weighted by Gasteiger charge is -2.34. The lowest BCUT2D eigenvalue weighted by molar-refractivity contribution is 0.000510. The van der Waals surface area contributed by atoms with Gasteiger partial charge in [0.05, 0.1) is 19.3 Å². The number of ether oxygens (including phenoxy) is 1. The monoisotopic (exact) mass is 237 g/mol. The van der Waals surface area contributed by atoms with E-state index in [-0.39, 0.29) is 23.2 Å². The van der Waals surface area contributed by atoms with Crippen LogP contribution >= 0.6 is 0 Å². The Kier molecular flexibility index (Phi) is 3.55. The fourth-order valence-electron chi connectivity index (χ4n) is 1.84. The molecule has 92 valence electrons. The Labute approximate surface area is 98.4 Å². The number of rotatable bonds is 2. The summed E-state index contributed by atoms with van der Waals surface area (Å²) >= 11 is 0. The van der Waals surface area contributed by atoms with Crippen LogP contribution in [0, 0.1) is 0 Å². The molecule has 1 unspecified atom stereocenters. The van der Waals surface area contributed by atoms with Gasteiger partial charge in [-0.05, 0) is 6.07 Å². The highest BCUT2D eigenvalue weighted by Crippen LogP contribution is 2.09. The van der Waals surface area contributed by atoms with Gasteiger partial charge in [-0.1, -0.05) is 6.07 Å². The molecule has 6 heteroatoms. The third kappa shape index (κ3) is 2.54. The van der Waals surface area contributed by atoms with E-state index in [1.54, 1.807) is 17.0 Å². The molecule has 0 radical (unpaired) electrons. The topological polar surface area (TPSA) is 88.4 Å². The number of H-pyrrole nitrogens is 1. The highest BCUT2D eigenvalue weighted by Gasteiger charge is 2.27. The summed E-state index contributed by atoms with van der Waals surface area (Å²) in [7, 11) is 0. The molecule has 17 heavy (non-hydrogen) atoms. The van der Waals surface area contributed by atoms with Gasteiger partial charge in [0.25, 0.3) is 5.91 Å². The molecule has 1 aromatic heterocycles. The maximum absolute atomic E-state index is 12.2. The maximum atomic E-state index is 12.2. The van der Waals surface area contributed by atoms with Crippen molar-refractivity contribution in [2.45, 2.75) is 6.04 Å². The molecule has 0 spiro atoms. The van der Waals surface area contributed by atoms with E-state index in [1.807, 2.05) is 0 Å². The third-order valence-corrected chi connectivity index (χ3v) is 2.76. The Hall–Kier alpha value is -1.66. The summed E-state index contributed by atoms with van der Waals surface area (Å²) in [4.78, 5) is 27.5. The first-order valence-corrected chi connectivity index (χ1v) is 5.50. The van der Waals surface area contributed by atoms with E-state index in [4.69, 9.17) is 10.5 Å². The zero-order chi connectivity index (χ0) is 12.3. The average molecular weight is 237 g/mol. The Morgan fingerprint density at radius 2 is 2.41 bits per heavy atom. The number of carbonyl (C=O) groups excluding carboxylic acids is 1. The Balaban J connectivity index is 2.21. The highest BCUT2D eigenvalue weighted by molar-refractivity contribution is 5.92. The Morgan fingerprint density at radius 3 is 3.12 bits per heavy atom. The summed E-state index contributed by atoms with van der Waals surface area (Å²) < 4.78 is 5.27. The van der Waals surface area contributed by atoms with Crippen LogP contribution in [0.3, 0.4) is 0 Å². The van der Waals surface area contributed by atoms with E-state index in [9.17, 15) is 9.59 Å². The number of aromatic nitrogens is 1. The van der Waals surface area contributed by atoms with Gasteiger partial charge >= 0.3 is 0 Å². The summed E-state index contributed by atoms with van der Waals surface area (Å²) in [6.45, 7) is 1.79. The normalized spacial score (nSPS) is 20.3. The molecule has 2 heterocycles. The largest absolute Gasteiger partial charge is 0.377 e. The molecule has 0 aliphatic carbocycles. The number of aromatic amines is 1. The first-order valence-electron chi connectivity index (χ1n) is 5.50. The summed E-state index contributed by atoms with van der Waals surface area (Å²) in [5, 5.41) is 0. The van der Waals surface area contributed by atoms with Gasteiger partial charge < -0.3 is 20.4 Å². The molecule has 6 nitrogen and oxygen atoms in total. The molecular formula is C11H15N3O3. The van der Waals surface area contributed by atoms with Gasteiger partial charge in [0.2, 0.25) is 5.56 Å².